The number of aromatic nitrogens is 2. The van der Waals surface area contributed by atoms with Crippen molar-refractivity contribution in [1.29, 1.82) is 0 Å². The van der Waals surface area contributed by atoms with Crippen molar-refractivity contribution in [3.63, 3.8) is 0 Å². The lowest BCUT2D eigenvalue weighted by Gasteiger charge is -2.13. The molecule has 1 aliphatic rings. The van der Waals surface area contributed by atoms with Gasteiger partial charge in [-0.25, -0.2) is 9.97 Å². The van der Waals surface area contributed by atoms with E-state index in [4.69, 9.17) is 9.47 Å². The molecule has 1 aliphatic heterocycles. The molecule has 1 aromatic carbocycles. The van der Waals surface area contributed by atoms with Crippen LogP contribution >= 0.6 is 0 Å². The van der Waals surface area contributed by atoms with Crippen LogP contribution in [0.25, 0.3) is 0 Å². The van der Waals surface area contributed by atoms with E-state index in [9.17, 15) is 0 Å². The SMILES string of the molecule is Cc1cc(NCc2cccc3c2OCCCO3)ncn1. The van der Waals surface area contributed by atoms with Gasteiger partial charge in [-0.1, -0.05) is 12.1 Å². The molecule has 20 heavy (non-hydrogen) atoms. The van der Waals surface area contributed by atoms with Crippen LogP contribution in [0.1, 0.15) is 17.7 Å². The first-order chi connectivity index (χ1) is 9.83. The van der Waals surface area contributed by atoms with E-state index < -0.39 is 0 Å². The number of para-hydroxylation sites is 1. The Morgan fingerprint density at radius 3 is 3.00 bits per heavy atom. The molecule has 104 valence electrons. The molecule has 1 aromatic heterocycles. The lowest BCUT2D eigenvalue weighted by Crippen LogP contribution is -2.05. The molecule has 0 amide bonds. The Bertz CT molecular complexity index is 601. The Kier molecular flexibility index (Phi) is 3.67. The fraction of sp³-hybridized carbons (Fsp3) is 0.333. The minimum absolute atomic E-state index is 0.642. The molecule has 0 saturated heterocycles. The highest BCUT2D eigenvalue weighted by molar-refractivity contribution is 5.48. The van der Waals surface area contributed by atoms with Crippen molar-refractivity contribution in [1.82, 2.24) is 9.97 Å². The summed E-state index contributed by atoms with van der Waals surface area (Å²) in [5, 5.41) is 3.29. The molecule has 2 aromatic rings. The lowest BCUT2D eigenvalue weighted by molar-refractivity contribution is 0.296. The number of nitrogens with one attached hydrogen (secondary N) is 1. The topological polar surface area (TPSA) is 56.3 Å². The first-order valence-electron chi connectivity index (χ1n) is 6.73. The molecule has 2 heterocycles. The van der Waals surface area contributed by atoms with Crippen LogP contribution in [-0.4, -0.2) is 23.2 Å². The Hall–Kier alpha value is -2.30. The molecule has 0 bridgehead atoms. The smallest absolute Gasteiger partial charge is 0.166 e. The number of benzene rings is 1. The lowest BCUT2D eigenvalue weighted by atomic mass is 10.2. The molecule has 1 N–H and O–H groups in total. The zero-order chi connectivity index (χ0) is 13.8. The highest BCUT2D eigenvalue weighted by atomic mass is 16.5. The van der Waals surface area contributed by atoms with Gasteiger partial charge in [-0.15, -0.1) is 0 Å². The third kappa shape index (κ3) is 2.82. The fourth-order valence-electron chi connectivity index (χ4n) is 2.13. The summed E-state index contributed by atoms with van der Waals surface area (Å²) in [4.78, 5) is 8.27. The normalized spacial score (nSPS) is 13.7. The standard InChI is InChI=1S/C15H17N3O2/c1-11-8-14(18-10-17-11)16-9-12-4-2-5-13-15(12)20-7-3-6-19-13/h2,4-5,8,10H,3,6-7,9H2,1H3,(H,16,17,18). The van der Waals surface area contributed by atoms with Gasteiger partial charge in [0.05, 0.1) is 13.2 Å². The van der Waals surface area contributed by atoms with Crippen molar-refractivity contribution < 1.29 is 9.47 Å². The van der Waals surface area contributed by atoms with Crippen molar-refractivity contribution in [2.24, 2.45) is 0 Å². The predicted octanol–water partition coefficient (Wildman–Crippen LogP) is 2.56. The van der Waals surface area contributed by atoms with Crippen molar-refractivity contribution >= 4 is 5.82 Å². The van der Waals surface area contributed by atoms with Crippen LogP contribution in [0.5, 0.6) is 11.5 Å². The van der Waals surface area contributed by atoms with Crippen LogP contribution in [0.4, 0.5) is 5.82 Å². The van der Waals surface area contributed by atoms with E-state index in [0.717, 1.165) is 35.0 Å². The summed E-state index contributed by atoms with van der Waals surface area (Å²) in [7, 11) is 0. The largest absolute Gasteiger partial charge is 0.490 e. The van der Waals surface area contributed by atoms with Crippen LogP contribution in [0.3, 0.4) is 0 Å². The summed E-state index contributed by atoms with van der Waals surface area (Å²) < 4.78 is 11.5. The second-order valence-electron chi connectivity index (χ2n) is 4.69. The number of rotatable bonds is 3. The molecule has 0 saturated carbocycles. The third-order valence-electron chi connectivity index (χ3n) is 3.12. The van der Waals surface area contributed by atoms with Gasteiger partial charge in [-0.3, -0.25) is 0 Å². The second-order valence-corrected chi connectivity index (χ2v) is 4.69. The number of anilines is 1. The zero-order valence-corrected chi connectivity index (χ0v) is 11.4. The third-order valence-corrected chi connectivity index (χ3v) is 3.12. The Morgan fingerprint density at radius 2 is 2.10 bits per heavy atom. The number of ether oxygens (including phenoxy) is 2. The maximum Gasteiger partial charge on any atom is 0.166 e. The van der Waals surface area contributed by atoms with Gasteiger partial charge >= 0.3 is 0 Å². The van der Waals surface area contributed by atoms with Gasteiger partial charge in [0.25, 0.3) is 0 Å². The van der Waals surface area contributed by atoms with Crippen molar-refractivity contribution in [3.8, 4) is 11.5 Å². The summed E-state index contributed by atoms with van der Waals surface area (Å²) in [6, 6.07) is 7.88. The Balaban J connectivity index is 1.77. The quantitative estimate of drug-likeness (QED) is 0.929. The summed E-state index contributed by atoms with van der Waals surface area (Å²) in [6.07, 6.45) is 2.47. The molecule has 0 spiro atoms. The molecular formula is C15H17N3O2. The van der Waals surface area contributed by atoms with Crippen molar-refractivity contribution in [2.75, 3.05) is 18.5 Å². The van der Waals surface area contributed by atoms with Gasteiger partial charge < -0.3 is 14.8 Å². The van der Waals surface area contributed by atoms with E-state index in [1.807, 2.05) is 31.2 Å². The second kappa shape index (κ2) is 5.77. The van der Waals surface area contributed by atoms with E-state index in [0.29, 0.717) is 19.8 Å². The number of hydrogen-bond donors (Lipinski definition) is 1. The summed E-state index contributed by atoms with van der Waals surface area (Å²) in [5.41, 5.74) is 2.01. The van der Waals surface area contributed by atoms with Crippen LogP contribution in [0.15, 0.2) is 30.6 Å². The van der Waals surface area contributed by atoms with Gasteiger partial charge in [-0.2, -0.15) is 0 Å². The highest BCUT2D eigenvalue weighted by Gasteiger charge is 2.14. The number of aryl methyl sites for hydroxylation is 1. The number of fused-ring (bicyclic) bond motifs is 1. The maximum atomic E-state index is 5.79. The molecule has 0 radical (unpaired) electrons. The fourth-order valence-corrected chi connectivity index (χ4v) is 2.13. The van der Waals surface area contributed by atoms with E-state index in [1.54, 1.807) is 6.33 Å². The minimum Gasteiger partial charge on any atom is -0.490 e. The van der Waals surface area contributed by atoms with Gasteiger partial charge in [0, 0.05) is 30.3 Å². The molecule has 0 fully saturated rings. The average Bonchev–Trinajstić information content (AvgIpc) is 2.71. The summed E-state index contributed by atoms with van der Waals surface area (Å²) >= 11 is 0. The van der Waals surface area contributed by atoms with Gasteiger partial charge in [-0.05, 0) is 13.0 Å². The van der Waals surface area contributed by atoms with Gasteiger partial charge in [0.1, 0.15) is 12.1 Å². The first-order valence-corrected chi connectivity index (χ1v) is 6.73. The van der Waals surface area contributed by atoms with Crippen LogP contribution in [0, 0.1) is 6.92 Å². The minimum atomic E-state index is 0.642. The van der Waals surface area contributed by atoms with Crippen molar-refractivity contribution in [3.05, 3.63) is 41.9 Å². The molecule has 0 unspecified atom stereocenters. The monoisotopic (exact) mass is 271 g/mol. The zero-order valence-electron chi connectivity index (χ0n) is 11.4. The van der Waals surface area contributed by atoms with Crippen LogP contribution in [0.2, 0.25) is 0 Å². The van der Waals surface area contributed by atoms with E-state index in [-0.39, 0.29) is 0 Å². The average molecular weight is 271 g/mol. The molecular weight excluding hydrogens is 254 g/mol. The first kappa shape index (κ1) is 12.7. The number of nitrogens with zero attached hydrogens (tertiary/aromatic N) is 2. The van der Waals surface area contributed by atoms with E-state index >= 15 is 0 Å². The van der Waals surface area contributed by atoms with E-state index in [2.05, 4.69) is 15.3 Å². The summed E-state index contributed by atoms with van der Waals surface area (Å²) in [5.74, 6) is 2.47. The van der Waals surface area contributed by atoms with Gasteiger partial charge in [0.2, 0.25) is 0 Å². The van der Waals surface area contributed by atoms with Crippen molar-refractivity contribution in [2.45, 2.75) is 19.9 Å². The van der Waals surface area contributed by atoms with Gasteiger partial charge in [0.15, 0.2) is 11.5 Å². The number of hydrogen-bond acceptors (Lipinski definition) is 5. The Labute approximate surface area is 118 Å². The highest BCUT2D eigenvalue weighted by Crippen LogP contribution is 2.33. The molecule has 5 heteroatoms. The molecule has 5 nitrogen and oxygen atoms in total. The van der Waals surface area contributed by atoms with Crippen LogP contribution in [-0.2, 0) is 6.54 Å². The maximum absolute atomic E-state index is 5.79. The predicted molar refractivity (Wildman–Crippen MR) is 76.1 cm³/mol. The Morgan fingerprint density at radius 1 is 1.20 bits per heavy atom. The molecule has 3 rings (SSSR count). The molecule has 0 atom stereocenters. The van der Waals surface area contributed by atoms with Crippen LogP contribution < -0.4 is 14.8 Å². The summed E-state index contributed by atoms with van der Waals surface area (Å²) in [6.45, 7) is 3.98. The molecule has 0 aliphatic carbocycles. The van der Waals surface area contributed by atoms with E-state index in [1.165, 1.54) is 0 Å².